The summed E-state index contributed by atoms with van der Waals surface area (Å²) in [7, 11) is 0. The van der Waals surface area contributed by atoms with Crippen LogP contribution in [0.25, 0.3) is 6.08 Å². The highest BCUT2D eigenvalue weighted by Gasteiger charge is 2.57. The van der Waals surface area contributed by atoms with Crippen LogP contribution in [0.5, 0.6) is 0 Å². The molecule has 0 radical (unpaired) electrons. The first-order valence-corrected chi connectivity index (χ1v) is 22.8. The molecule has 2 atom stereocenters. The van der Waals surface area contributed by atoms with Crippen molar-refractivity contribution in [3.05, 3.63) is 117 Å². The molecule has 0 N–H and O–H groups in total. The van der Waals surface area contributed by atoms with Crippen LogP contribution >= 0.6 is 30.1 Å². The van der Waals surface area contributed by atoms with Gasteiger partial charge in [0.25, 0.3) is 0 Å². The Balaban J connectivity index is 1.60. The van der Waals surface area contributed by atoms with Crippen LogP contribution in [0.1, 0.15) is 122 Å². The van der Waals surface area contributed by atoms with E-state index in [2.05, 4.69) is 130 Å². The summed E-state index contributed by atoms with van der Waals surface area (Å²) in [6, 6.07) is 20.2. The molecule has 3 aromatic rings. The topological polar surface area (TPSA) is 6.48 Å². The van der Waals surface area contributed by atoms with Crippen LogP contribution < -0.4 is 9.80 Å². The van der Waals surface area contributed by atoms with Gasteiger partial charge in [-0.25, -0.2) is 0 Å². The van der Waals surface area contributed by atoms with E-state index in [0.29, 0.717) is 11.3 Å². The number of halogens is 2. The summed E-state index contributed by atoms with van der Waals surface area (Å²) in [5.74, 6) is 1.16. The number of benzene rings is 3. The van der Waals surface area contributed by atoms with Crippen molar-refractivity contribution in [1.29, 1.82) is 0 Å². The van der Waals surface area contributed by atoms with Crippen molar-refractivity contribution in [1.82, 2.24) is 0 Å². The number of anilines is 2. The summed E-state index contributed by atoms with van der Waals surface area (Å²) < 4.78 is -0.607. The van der Waals surface area contributed by atoms with Crippen molar-refractivity contribution >= 4 is 53.0 Å². The number of allylic oxidation sites excluding steroid dienone is 1. The van der Waals surface area contributed by atoms with E-state index in [-0.39, 0.29) is 5.38 Å². The van der Waals surface area contributed by atoms with Gasteiger partial charge in [0, 0.05) is 18.0 Å². The van der Waals surface area contributed by atoms with Gasteiger partial charge in [0.2, 0.25) is 0 Å². The Bertz CT molecular complexity index is 1800. The van der Waals surface area contributed by atoms with Gasteiger partial charge in [-0.05, 0) is 139 Å². The van der Waals surface area contributed by atoms with Crippen molar-refractivity contribution in [3.8, 4) is 0 Å². The zero-order valence-corrected chi connectivity index (χ0v) is 34.9. The molecule has 276 valence electrons. The van der Waals surface area contributed by atoms with Crippen LogP contribution in [0, 0.1) is 41.5 Å². The zero-order valence-electron chi connectivity index (χ0n) is 32.5. The van der Waals surface area contributed by atoms with Crippen molar-refractivity contribution < 1.29 is 0 Å². The van der Waals surface area contributed by atoms with Gasteiger partial charge in [-0.2, -0.15) is 0 Å². The maximum atomic E-state index is 8.93. The number of alkyl halides is 2. The molecule has 7 rings (SSSR count). The lowest BCUT2D eigenvalue weighted by atomic mass is 9.91. The molecular formula is C47H59Cl2N2P. The molecule has 5 heteroatoms. The Kier molecular flexibility index (Phi) is 11.3. The lowest BCUT2D eigenvalue weighted by molar-refractivity contribution is 0.470. The summed E-state index contributed by atoms with van der Waals surface area (Å²) in [6.45, 7) is 11.3. The molecular weight excluding hydrogens is 694 g/mol. The third-order valence-electron chi connectivity index (χ3n) is 12.6. The second kappa shape index (κ2) is 15.6. The Hall–Kier alpha value is -2.60. The fourth-order valence-electron chi connectivity index (χ4n) is 10.7. The Labute approximate surface area is 325 Å². The highest BCUT2D eigenvalue weighted by molar-refractivity contribution is 7.79. The van der Waals surface area contributed by atoms with Crippen LogP contribution in [0.2, 0.25) is 0 Å². The second-order valence-electron chi connectivity index (χ2n) is 16.4. The molecule has 52 heavy (non-hydrogen) atoms. The maximum Gasteiger partial charge on any atom is 0.124 e. The first-order chi connectivity index (χ1) is 25.0. The largest absolute Gasteiger partial charge is 0.301 e. The van der Waals surface area contributed by atoms with Gasteiger partial charge in [0.1, 0.15) is 5.82 Å². The van der Waals surface area contributed by atoms with Crippen molar-refractivity contribution in [2.24, 2.45) is 0 Å². The molecule has 0 spiro atoms. The quantitative estimate of drug-likeness (QED) is 0.183. The Morgan fingerprint density at radius 3 is 1.58 bits per heavy atom. The Morgan fingerprint density at radius 1 is 0.654 bits per heavy atom. The maximum absolute atomic E-state index is 8.93. The van der Waals surface area contributed by atoms with Gasteiger partial charge in [-0.3, -0.25) is 0 Å². The van der Waals surface area contributed by atoms with Crippen LogP contribution in [-0.4, -0.2) is 26.8 Å². The first-order valence-electron chi connectivity index (χ1n) is 20.1. The average Bonchev–Trinajstić information content (AvgIpc) is 3.52. The van der Waals surface area contributed by atoms with Gasteiger partial charge < -0.3 is 9.80 Å². The number of nitrogens with zero attached hydrogens (tertiary/aromatic N) is 2. The predicted octanol–water partition coefficient (Wildman–Crippen LogP) is 14.1. The standard InChI is InChI=1S/C47H59Cl2N2P/c1-33-29-35(3)44(36(4)30-33)50-26-27-51(45-37(5)31-34(2)32-38(45)6)46(50)43-42(48)23-16-25-47(43,49)52(40-19-12-8-13-20-40,41-21-14-9-15-22-41)28-24-39-17-10-7-11-18-39/h7,10-11,17-18,24,26-27,29-32,40-42H,8-9,12-16,19-23,25H2,1-6H3. The summed E-state index contributed by atoms with van der Waals surface area (Å²) in [5.41, 5.74) is 18.2. The van der Waals surface area contributed by atoms with Gasteiger partial charge in [0.15, 0.2) is 0 Å². The average molecular weight is 754 g/mol. The number of rotatable bonds is 6. The van der Waals surface area contributed by atoms with Gasteiger partial charge in [-0.15, -0.1) is 28.7 Å². The highest BCUT2D eigenvalue weighted by atomic mass is 35.5. The van der Waals surface area contributed by atoms with Gasteiger partial charge in [-0.1, -0.05) is 104 Å². The minimum absolute atomic E-state index is 0.173. The van der Waals surface area contributed by atoms with Crippen molar-refractivity contribution in [2.75, 3.05) is 9.80 Å². The number of aryl methyl sites for hydroxylation is 6. The molecule has 1 heterocycles. The fraction of sp³-hybridized carbons (Fsp3) is 0.489. The highest BCUT2D eigenvalue weighted by Crippen LogP contribution is 2.77. The molecule has 3 aromatic carbocycles. The fourth-order valence-corrected chi connectivity index (χ4v) is 18.9. The third kappa shape index (κ3) is 6.81. The molecule has 3 saturated carbocycles. The van der Waals surface area contributed by atoms with E-state index in [1.165, 1.54) is 120 Å². The lowest BCUT2D eigenvalue weighted by Crippen LogP contribution is -2.45. The van der Waals surface area contributed by atoms with E-state index in [0.717, 1.165) is 25.1 Å². The molecule has 4 aliphatic rings. The van der Waals surface area contributed by atoms with Crippen LogP contribution in [0.4, 0.5) is 11.4 Å². The minimum Gasteiger partial charge on any atom is -0.301 e. The first kappa shape index (κ1) is 37.7. The molecule has 2 unspecified atom stereocenters. The molecule has 3 aliphatic carbocycles. The predicted molar refractivity (Wildman–Crippen MR) is 231 cm³/mol. The van der Waals surface area contributed by atoms with Crippen molar-refractivity contribution in [3.63, 3.8) is 0 Å². The second-order valence-corrected chi connectivity index (χ2v) is 21.9. The molecule has 0 aromatic heterocycles. The van der Waals surface area contributed by atoms with E-state index in [9.17, 15) is 0 Å². The Morgan fingerprint density at radius 2 is 1.12 bits per heavy atom. The molecule has 0 bridgehead atoms. The number of hydrogen-bond acceptors (Lipinski definition) is 2. The summed E-state index contributed by atoms with van der Waals surface area (Å²) >= 11 is 16.9. The molecule has 1 aliphatic heterocycles. The normalized spacial score (nSPS) is 23.3. The van der Waals surface area contributed by atoms with E-state index in [4.69, 9.17) is 23.2 Å². The van der Waals surface area contributed by atoms with Gasteiger partial charge >= 0.3 is 0 Å². The van der Waals surface area contributed by atoms with Crippen LogP contribution in [0.15, 0.2) is 78.4 Å². The van der Waals surface area contributed by atoms with E-state index in [1.807, 2.05) is 0 Å². The molecule has 3 fully saturated rings. The van der Waals surface area contributed by atoms with Gasteiger partial charge in [0.05, 0.1) is 21.4 Å². The van der Waals surface area contributed by atoms with Crippen molar-refractivity contribution in [2.45, 2.75) is 146 Å². The zero-order chi connectivity index (χ0) is 36.6. The monoisotopic (exact) mass is 752 g/mol. The van der Waals surface area contributed by atoms with Crippen LogP contribution in [0.3, 0.4) is 0 Å². The summed E-state index contributed by atoms with van der Waals surface area (Å²) in [6.07, 6.45) is 22.7. The van der Waals surface area contributed by atoms with E-state index < -0.39 is 11.5 Å². The minimum atomic E-state index is -2.21. The lowest BCUT2D eigenvalue weighted by Gasteiger charge is -2.55. The number of hydrogen-bond donors (Lipinski definition) is 0. The molecule has 0 saturated heterocycles. The smallest absolute Gasteiger partial charge is 0.124 e. The summed E-state index contributed by atoms with van der Waals surface area (Å²) in [5, 5.41) is -0.173. The van der Waals surface area contributed by atoms with Crippen LogP contribution in [-0.2, 0) is 0 Å². The summed E-state index contributed by atoms with van der Waals surface area (Å²) in [4.78, 5) is 4.96. The molecule has 0 amide bonds. The molecule has 2 nitrogen and oxygen atoms in total. The third-order valence-corrected chi connectivity index (χ3v) is 19.8. The SMILES string of the molecule is Cc1cc(C)c(N2C=CN(c3c(C)cc(C)cc3C)C2=C2C(Cl)CCCC2(Cl)P(=C=Cc2ccccc2)(C2CCCCC2)C2CCCCC2)c(C)c1. The van der Waals surface area contributed by atoms with E-state index >= 15 is 0 Å². The van der Waals surface area contributed by atoms with E-state index in [1.54, 1.807) is 0 Å².